The number of hydrogen-bond acceptors (Lipinski definition) is 4. The second kappa shape index (κ2) is 8.13. The van der Waals surface area contributed by atoms with E-state index in [9.17, 15) is 8.76 Å². The summed E-state index contributed by atoms with van der Waals surface area (Å²) in [6, 6.07) is 0. The molecule has 0 aromatic carbocycles. The van der Waals surface area contributed by atoms with Gasteiger partial charge in [-0.25, -0.2) is 4.21 Å². The van der Waals surface area contributed by atoms with Crippen molar-refractivity contribution >= 4 is 11.4 Å². The molecule has 0 radical (unpaired) electrons. The molecule has 0 heterocycles. The van der Waals surface area contributed by atoms with Gasteiger partial charge in [0.05, 0.1) is 18.0 Å². The fourth-order valence-electron chi connectivity index (χ4n) is 0.656. The molecule has 0 amide bonds. The monoisotopic (exact) mass is 180 g/mol. The summed E-state index contributed by atoms with van der Waals surface area (Å²) < 4.78 is 24.0. The maximum Gasteiger partial charge on any atom is 0.0842 e. The summed E-state index contributed by atoms with van der Waals surface area (Å²) in [5.74, 6) is 0. The molecular weight excluding hydrogens is 166 g/mol. The molecule has 0 saturated heterocycles. The maximum absolute atomic E-state index is 9.85. The van der Waals surface area contributed by atoms with Crippen molar-refractivity contribution in [2.75, 3.05) is 19.7 Å². The Morgan fingerprint density at radius 2 is 2.27 bits per heavy atom. The zero-order valence-corrected chi connectivity index (χ0v) is 7.49. The van der Waals surface area contributed by atoms with Gasteiger partial charge in [-0.2, -0.15) is 0 Å². The molecule has 0 aromatic rings. The number of unbranched alkanes of at least 4 members (excludes halogenated alkanes) is 1. The van der Waals surface area contributed by atoms with Gasteiger partial charge in [0, 0.05) is 0 Å². The lowest BCUT2D eigenvalue weighted by Gasteiger charge is -2.05. The highest BCUT2D eigenvalue weighted by molar-refractivity contribution is 7.74. The minimum absolute atomic E-state index is 0.293. The van der Waals surface area contributed by atoms with Gasteiger partial charge in [0.2, 0.25) is 0 Å². The van der Waals surface area contributed by atoms with Crippen LogP contribution in [-0.4, -0.2) is 28.5 Å². The largest absolute Gasteiger partial charge is 0.750 e. The van der Waals surface area contributed by atoms with Crippen LogP contribution in [0.4, 0.5) is 0 Å². The van der Waals surface area contributed by atoms with Gasteiger partial charge in [-0.05, 0) is 25.9 Å². The van der Waals surface area contributed by atoms with Crippen LogP contribution in [0, 0.1) is 0 Å². The van der Waals surface area contributed by atoms with E-state index < -0.39 is 11.4 Å². The molecule has 1 unspecified atom stereocenters. The lowest BCUT2D eigenvalue weighted by molar-refractivity contribution is 0.292. The fraction of sp³-hybridized carbons (Fsp3) is 1.00. The van der Waals surface area contributed by atoms with Crippen LogP contribution in [-0.2, 0) is 15.5 Å². The van der Waals surface area contributed by atoms with Gasteiger partial charge in [0.25, 0.3) is 0 Å². The Morgan fingerprint density at radius 3 is 2.82 bits per heavy atom. The Labute approximate surface area is 69.8 Å². The molecule has 0 saturated carbocycles. The summed E-state index contributed by atoms with van der Waals surface area (Å²) in [7, 11) is 0. The van der Waals surface area contributed by atoms with Crippen LogP contribution < -0.4 is 5.32 Å². The highest BCUT2D eigenvalue weighted by Crippen LogP contribution is 1.89. The molecule has 4 nitrogen and oxygen atoms in total. The molecule has 1 N–H and O–H groups in total. The smallest absolute Gasteiger partial charge is 0.0842 e. The van der Waals surface area contributed by atoms with Crippen molar-refractivity contribution in [1.29, 1.82) is 0 Å². The molecule has 1 atom stereocenters. The van der Waals surface area contributed by atoms with Crippen molar-refractivity contribution in [2.45, 2.75) is 19.8 Å². The van der Waals surface area contributed by atoms with Gasteiger partial charge < -0.3 is 14.1 Å². The van der Waals surface area contributed by atoms with Crippen LogP contribution >= 0.6 is 0 Å². The fourth-order valence-corrected chi connectivity index (χ4v) is 0.910. The second-order valence-electron chi connectivity index (χ2n) is 2.09. The first-order valence-electron chi connectivity index (χ1n) is 3.70. The summed E-state index contributed by atoms with van der Waals surface area (Å²) in [5, 5.41) is 3.13. The quantitative estimate of drug-likeness (QED) is 0.448. The average molecular weight is 180 g/mol. The average Bonchev–Trinajstić information content (AvgIpc) is 1.96. The molecule has 11 heavy (non-hydrogen) atoms. The number of nitrogens with one attached hydrogen (secondary N) is 1. The highest BCUT2D eigenvalue weighted by atomic mass is 32.2. The van der Waals surface area contributed by atoms with Gasteiger partial charge in [-0.3, -0.25) is 0 Å². The van der Waals surface area contributed by atoms with Gasteiger partial charge >= 0.3 is 0 Å². The topological polar surface area (TPSA) is 61.4 Å². The predicted octanol–water partition coefficient (Wildman–Crippen LogP) is 0.187. The van der Waals surface area contributed by atoms with E-state index in [0.29, 0.717) is 6.61 Å². The first-order valence-corrected chi connectivity index (χ1v) is 4.70. The van der Waals surface area contributed by atoms with Crippen LogP contribution in [0.1, 0.15) is 19.8 Å². The lowest BCUT2D eigenvalue weighted by Crippen LogP contribution is -2.14. The van der Waals surface area contributed by atoms with Crippen LogP contribution in [0.25, 0.3) is 0 Å². The first kappa shape index (κ1) is 11.0. The minimum atomic E-state index is -2.34. The summed E-state index contributed by atoms with van der Waals surface area (Å²) >= 11 is -2.34. The van der Waals surface area contributed by atoms with E-state index in [1.54, 1.807) is 0 Å². The molecule has 0 fully saturated rings. The summed E-state index contributed by atoms with van der Waals surface area (Å²) in [4.78, 5) is 0. The van der Waals surface area contributed by atoms with Gasteiger partial charge in [-0.15, -0.1) is 0 Å². The second-order valence-corrected chi connectivity index (χ2v) is 2.73. The van der Waals surface area contributed by atoms with E-state index in [-0.39, 0.29) is 0 Å². The van der Waals surface area contributed by atoms with Gasteiger partial charge in [0.1, 0.15) is 0 Å². The van der Waals surface area contributed by atoms with E-state index in [0.717, 1.165) is 25.9 Å². The Bertz CT molecular complexity index is 110. The van der Waals surface area contributed by atoms with Crippen molar-refractivity contribution in [1.82, 2.24) is 5.32 Å². The predicted molar refractivity (Wildman–Crippen MR) is 42.6 cm³/mol. The SMILES string of the molecule is CCNCCCCOS(=O)[O-]. The Kier molecular flexibility index (Phi) is 8.15. The van der Waals surface area contributed by atoms with E-state index in [1.807, 2.05) is 6.92 Å². The third kappa shape index (κ3) is 10.0. The molecule has 0 aliphatic carbocycles. The van der Waals surface area contributed by atoms with Crippen molar-refractivity contribution in [2.24, 2.45) is 0 Å². The lowest BCUT2D eigenvalue weighted by atomic mass is 10.3. The van der Waals surface area contributed by atoms with E-state index in [2.05, 4.69) is 9.50 Å². The molecule has 68 valence electrons. The molecule has 0 spiro atoms. The molecular formula is C6H14NO3S-. The molecule has 0 rings (SSSR count). The molecule has 5 heteroatoms. The first-order chi connectivity index (χ1) is 5.27. The van der Waals surface area contributed by atoms with Gasteiger partial charge in [0.15, 0.2) is 0 Å². The van der Waals surface area contributed by atoms with Crippen molar-refractivity contribution in [3.63, 3.8) is 0 Å². The van der Waals surface area contributed by atoms with Crippen molar-refractivity contribution in [3.05, 3.63) is 0 Å². The molecule has 0 bridgehead atoms. The Balaban J connectivity index is 2.85. The van der Waals surface area contributed by atoms with Crippen LogP contribution in [0.3, 0.4) is 0 Å². The Hall–Kier alpha value is 0.0300. The third-order valence-electron chi connectivity index (χ3n) is 1.18. The van der Waals surface area contributed by atoms with Gasteiger partial charge in [-0.1, -0.05) is 6.92 Å². The van der Waals surface area contributed by atoms with E-state index in [1.165, 1.54) is 0 Å². The standard InChI is InChI=1S/C6H15NO3S/c1-2-7-5-3-4-6-10-11(8)9/h7H,2-6H2,1H3,(H,8,9)/p-1. The summed E-state index contributed by atoms with van der Waals surface area (Å²) in [6.07, 6.45) is 1.73. The third-order valence-corrected chi connectivity index (χ3v) is 1.54. The van der Waals surface area contributed by atoms with Crippen molar-refractivity contribution < 1.29 is 12.9 Å². The van der Waals surface area contributed by atoms with Crippen LogP contribution in [0.5, 0.6) is 0 Å². The van der Waals surface area contributed by atoms with E-state index >= 15 is 0 Å². The van der Waals surface area contributed by atoms with Crippen LogP contribution in [0.15, 0.2) is 0 Å². The molecule has 0 aromatic heterocycles. The number of hydrogen-bond donors (Lipinski definition) is 1. The minimum Gasteiger partial charge on any atom is -0.750 e. The zero-order valence-electron chi connectivity index (χ0n) is 6.67. The summed E-state index contributed by atoms with van der Waals surface area (Å²) in [5.41, 5.74) is 0. The normalized spacial score (nSPS) is 13.3. The summed E-state index contributed by atoms with van der Waals surface area (Å²) in [6.45, 7) is 4.20. The Morgan fingerprint density at radius 1 is 1.55 bits per heavy atom. The molecule has 0 aliphatic rings. The van der Waals surface area contributed by atoms with Crippen LogP contribution in [0.2, 0.25) is 0 Å². The van der Waals surface area contributed by atoms with E-state index in [4.69, 9.17) is 0 Å². The van der Waals surface area contributed by atoms with Crippen molar-refractivity contribution in [3.8, 4) is 0 Å². The molecule has 0 aliphatic heterocycles. The highest BCUT2D eigenvalue weighted by Gasteiger charge is 1.88. The maximum atomic E-state index is 9.85. The zero-order chi connectivity index (χ0) is 8.53. The number of rotatable bonds is 7.